The third kappa shape index (κ3) is 2.64. The average molecular weight is 379 g/mol. The summed E-state index contributed by atoms with van der Waals surface area (Å²) in [6.45, 7) is 0.986. The third-order valence-electron chi connectivity index (χ3n) is 3.08. The van der Waals surface area contributed by atoms with Crippen molar-refractivity contribution in [1.29, 1.82) is 5.26 Å². The van der Waals surface area contributed by atoms with Crippen molar-refractivity contribution in [2.45, 2.75) is 28.9 Å². The van der Waals surface area contributed by atoms with E-state index in [-0.39, 0.29) is 4.21 Å². The van der Waals surface area contributed by atoms with Gasteiger partial charge in [0.2, 0.25) is 0 Å². The monoisotopic (exact) mass is 378 g/mol. The van der Waals surface area contributed by atoms with Gasteiger partial charge in [0.25, 0.3) is 10.0 Å². The van der Waals surface area contributed by atoms with E-state index < -0.39 is 21.9 Å². The molecule has 2 fully saturated rings. The van der Waals surface area contributed by atoms with Crippen molar-refractivity contribution in [3.05, 3.63) is 15.4 Å². The van der Waals surface area contributed by atoms with E-state index in [0.29, 0.717) is 35.4 Å². The fourth-order valence-electron chi connectivity index (χ4n) is 1.83. The molecule has 1 aliphatic carbocycles. The maximum Gasteiger partial charge on any atom is 0.251 e. The SMILES string of the molecule is N#CC1(NS(=O)(=O)c2cc(Br)c(C3OCCO3)s2)CC1. The van der Waals surface area contributed by atoms with Crippen molar-refractivity contribution >= 4 is 37.3 Å². The van der Waals surface area contributed by atoms with Crippen LogP contribution in [0, 0.1) is 11.3 Å². The highest BCUT2D eigenvalue weighted by molar-refractivity contribution is 9.10. The van der Waals surface area contributed by atoms with Crippen molar-refractivity contribution in [2.75, 3.05) is 13.2 Å². The smallest absolute Gasteiger partial charge is 0.251 e. The van der Waals surface area contributed by atoms with Gasteiger partial charge < -0.3 is 9.47 Å². The third-order valence-corrected chi connectivity index (χ3v) is 7.17. The Labute approximate surface area is 128 Å². The summed E-state index contributed by atoms with van der Waals surface area (Å²) in [6, 6.07) is 3.52. The Morgan fingerprint density at radius 2 is 2.10 bits per heavy atom. The van der Waals surface area contributed by atoms with Gasteiger partial charge in [-0.1, -0.05) is 0 Å². The summed E-state index contributed by atoms with van der Waals surface area (Å²) in [4.78, 5) is 0.685. The number of hydrogen-bond acceptors (Lipinski definition) is 6. The second-order valence-corrected chi connectivity index (χ2v) is 8.50. The van der Waals surface area contributed by atoms with E-state index in [1.54, 1.807) is 0 Å². The number of nitrogens with one attached hydrogen (secondary N) is 1. The van der Waals surface area contributed by atoms with Crippen LogP contribution in [0.1, 0.15) is 24.0 Å². The molecule has 0 unspecified atom stereocenters. The molecule has 0 amide bonds. The second kappa shape index (κ2) is 5.05. The van der Waals surface area contributed by atoms with E-state index in [1.807, 2.05) is 6.07 Å². The molecular weight excluding hydrogens is 368 g/mol. The lowest BCUT2D eigenvalue weighted by molar-refractivity contribution is -0.0418. The van der Waals surface area contributed by atoms with E-state index in [0.717, 1.165) is 11.3 Å². The first kappa shape index (κ1) is 14.4. The van der Waals surface area contributed by atoms with Gasteiger partial charge in [0.15, 0.2) is 6.29 Å². The number of halogens is 1. The second-order valence-electron chi connectivity index (χ2n) is 4.65. The van der Waals surface area contributed by atoms with E-state index in [1.165, 1.54) is 6.07 Å². The van der Waals surface area contributed by atoms with Crippen molar-refractivity contribution in [1.82, 2.24) is 4.72 Å². The molecule has 6 nitrogen and oxygen atoms in total. The van der Waals surface area contributed by atoms with Crippen molar-refractivity contribution < 1.29 is 17.9 Å². The Bertz CT molecular complexity index is 669. The normalized spacial score (nSPS) is 21.8. The number of rotatable bonds is 4. The van der Waals surface area contributed by atoms with E-state index in [4.69, 9.17) is 14.7 Å². The van der Waals surface area contributed by atoms with Crippen molar-refractivity contribution in [3.8, 4) is 6.07 Å². The van der Waals surface area contributed by atoms with Crippen LogP contribution in [-0.2, 0) is 19.5 Å². The summed E-state index contributed by atoms with van der Waals surface area (Å²) in [5.74, 6) is 0. The zero-order valence-corrected chi connectivity index (χ0v) is 13.5. The zero-order chi connectivity index (χ0) is 14.4. The quantitative estimate of drug-likeness (QED) is 0.863. The van der Waals surface area contributed by atoms with Gasteiger partial charge in [0.05, 0.1) is 24.2 Å². The van der Waals surface area contributed by atoms with Crippen LogP contribution in [0.3, 0.4) is 0 Å². The summed E-state index contributed by atoms with van der Waals surface area (Å²) < 4.78 is 38.5. The minimum atomic E-state index is -3.69. The molecule has 1 N–H and O–H groups in total. The number of sulfonamides is 1. The molecule has 2 heterocycles. The Kier molecular flexibility index (Phi) is 3.64. The molecule has 2 aliphatic rings. The molecule has 0 aromatic carbocycles. The molecule has 20 heavy (non-hydrogen) atoms. The molecule has 9 heteroatoms. The first-order chi connectivity index (χ1) is 9.46. The molecule has 0 bridgehead atoms. The van der Waals surface area contributed by atoms with Gasteiger partial charge in [-0.05, 0) is 34.8 Å². The lowest BCUT2D eigenvalue weighted by Crippen LogP contribution is -2.35. The predicted octanol–water partition coefficient (Wildman–Crippen LogP) is 1.89. The van der Waals surface area contributed by atoms with Gasteiger partial charge in [-0.2, -0.15) is 9.98 Å². The average Bonchev–Trinajstić information content (AvgIpc) is 2.81. The number of thiophene rings is 1. The van der Waals surface area contributed by atoms with Crippen LogP contribution in [0.2, 0.25) is 0 Å². The lowest BCUT2D eigenvalue weighted by atomic mass is 10.3. The fourth-order valence-corrected chi connectivity index (χ4v) is 5.55. The highest BCUT2D eigenvalue weighted by atomic mass is 79.9. The number of nitrogens with zero attached hydrogens (tertiary/aromatic N) is 1. The molecule has 108 valence electrons. The molecule has 0 radical (unpaired) electrons. The Hall–Kier alpha value is -0.500. The predicted molar refractivity (Wildman–Crippen MR) is 74.6 cm³/mol. The first-order valence-corrected chi connectivity index (χ1v) is 9.03. The van der Waals surface area contributed by atoms with Gasteiger partial charge >= 0.3 is 0 Å². The van der Waals surface area contributed by atoms with Gasteiger partial charge in [-0.15, -0.1) is 11.3 Å². The Morgan fingerprint density at radius 3 is 2.65 bits per heavy atom. The highest BCUT2D eigenvalue weighted by Gasteiger charge is 2.47. The molecule has 0 spiro atoms. The Balaban J connectivity index is 1.87. The van der Waals surface area contributed by atoms with E-state index in [2.05, 4.69) is 20.7 Å². The van der Waals surface area contributed by atoms with Crippen LogP contribution >= 0.6 is 27.3 Å². The zero-order valence-electron chi connectivity index (χ0n) is 10.3. The maximum atomic E-state index is 12.3. The minimum Gasteiger partial charge on any atom is -0.345 e. The topological polar surface area (TPSA) is 88.4 Å². The Morgan fingerprint density at radius 1 is 1.45 bits per heavy atom. The van der Waals surface area contributed by atoms with Crippen LogP contribution in [0.25, 0.3) is 0 Å². The summed E-state index contributed by atoms with van der Waals surface area (Å²) in [5, 5.41) is 8.98. The standard InChI is InChI=1S/C11H11BrN2O4S2/c12-7-5-8(19-9(7)10-17-3-4-18-10)20(15,16)14-11(6-13)1-2-11/h5,10,14H,1-4H2. The van der Waals surface area contributed by atoms with Crippen LogP contribution in [-0.4, -0.2) is 27.2 Å². The minimum absolute atomic E-state index is 0.153. The molecule has 1 saturated carbocycles. The van der Waals surface area contributed by atoms with Crippen molar-refractivity contribution in [3.63, 3.8) is 0 Å². The molecule has 3 rings (SSSR count). The maximum absolute atomic E-state index is 12.3. The summed E-state index contributed by atoms with van der Waals surface area (Å²) in [6.07, 6.45) is 0.581. The molecule has 0 atom stereocenters. The molecule has 1 aromatic rings. The van der Waals surface area contributed by atoms with Crippen LogP contribution in [0.15, 0.2) is 14.7 Å². The van der Waals surface area contributed by atoms with Gasteiger partial charge in [-0.25, -0.2) is 8.42 Å². The summed E-state index contributed by atoms with van der Waals surface area (Å²) in [7, 11) is -3.69. The first-order valence-electron chi connectivity index (χ1n) is 5.93. The number of ether oxygens (including phenoxy) is 2. The largest absolute Gasteiger partial charge is 0.345 e. The number of nitriles is 1. The van der Waals surface area contributed by atoms with E-state index >= 15 is 0 Å². The molecule has 1 aromatic heterocycles. The van der Waals surface area contributed by atoms with Crippen LogP contribution < -0.4 is 4.72 Å². The van der Waals surface area contributed by atoms with Gasteiger partial charge in [-0.3, -0.25) is 0 Å². The molecule has 1 saturated heterocycles. The lowest BCUT2D eigenvalue weighted by Gasteiger charge is -2.08. The number of hydrogen-bond donors (Lipinski definition) is 1. The van der Waals surface area contributed by atoms with Crippen molar-refractivity contribution in [2.24, 2.45) is 0 Å². The summed E-state index contributed by atoms with van der Waals surface area (Å²) >= 11 is 4.41. The fraction of sp³-hybridized carbons (Fsp3) is 0.545. The van der Waals surface area contributed by atoms with Crippen LogP contribution in [0.5, 0.6) is 0 Å². The van der Waals surface area contributed by atoms with Gasteiger partial charge in [0, 0.05) is 4.47 Å². The molecular formula is C11H11BrN2O4S2. The van der Waals surface area contributed by atoms with E-state index in [9.17, 15) is 8.42 Å². The highest BCUT2D eigenvalue weighted by Crippen LogP contribution is 2.41. The molecule has 1 aliphatic heterocycles. The van der Waals surface area contributed by atoms with Gasteiger partial charge in [0.1, 0.15) is 9.75 Å². The summed E-state index contributed by atoms with van der Waals surface area (Å²) in [5.41, 5.74) is -0.921. The van der Waals surface area contributed by atoms with Crippen LogP contribution in [0.4, 0.5) is 0 Å².